The number of nitriles is 3. The first-order chi connectivity index (χ1) is 24.9. The molecule has 11 heteroatoms. The lowest BCUT2D eigenvalue weighted by Crippen LogP contribution is -2.07. The van der Waals surface area contributed by atoms with E-state index in [-0.39, 0.29) is 27.8 Å². The number of alkyl halides is 6. The third-order valence-corrected chi connectivity index (χ3v) is 9.23. The summed E-state index contributed by atoms with van der Waals surface area (Å²) in [5.41, 5.74) is 1.72. The molecule has 0 bridgehead atoms. The van der Waals surface area contributed by atoms with Crippen molar-refractivity contribution in [2.45, 2.75) is 12.4 Å². The van der Waals surface area contributed by atoms with Crippen LogP contribution in [-0.2, 0) is 12.4 Å². The fraction of sp³-hybridized carbons (Fsp3) is 0.0488. The van der Waals surface area contributed by atoms with E-state index in [1.54, 1.807) is 81.9 Å². The Morgan fingerprint density at radius 2 is 0.942 bits per heavy atom. The average molecular weight is 696 g/mol. The van der Waals surface area contributed by atoms with Crippen LogP contribution in [0.3, 0.4) is 0 Å². The smallest absolute Gasteiger partial charge is 0.308 e. The Morgan fingerprint density at radius 3 is 1.44 bits per heavy atom. The molecule has 0 saturated heterocycles. The van der Waals surface area contributed by atoms with Gasteiger partial charge in [-0.05, 0) is 78.4 Å². The molecule has 0 fully saturated rings. The van der Waals surface area contributed by atoms with E-state index in [4.69, 9.17) is 0 Å². The van der Waals surface area contributed by atoms with Crippen molar-refractivity contribution < 1.29 is 26.3 Å². The highest BCUT2D eigenvalue weighted by Gasteiger charge is 2.33. The lowest BCUT2D eigenvalue weighted by atomic mass is 9.95. The average Bonchev–Trinajstić information content (AvgIpc) is 3.65. The number of halogens is 6. The SMILES string of the molecule is N#Cc1cc(C#N)cc(-c2ccc(-n3c4ccccc4c4cc(C(F)(F)F)ccc43)c(C#N)c2-n2c3ccccc3c3cc(C(F)(F)F)ccc32)c1. The summed E-state index contributed by atoms with van der Waals surface area (Å²) in [5.74, 6) is 0. The molecule has 8 aromatic rings. The molecule has 0 radical (unpaired) electrons. The highest BCUT2D eigenvalue weighted by Crippen LogP contribution is 2.44. The van der Waals surface area contributed by atoms with Crippen LogP contribution < -0.4 is 0 Å². The van der Waals surface area contributed by atoms with Crippen LogP contribution in [0, 0.1) is 34.0 Å². The maximum atomic E-state index is 14.0. The molecule has 8 rings (SSSR count). The molecule has 0 saturated carbocycles. The van der Waals surface area contributed by atoms with Gasteiger partial charge in [0, 0.05) is 27.1 Å². The maximum absolute atomic E-state index is 14.0. The lowest BCUT2D eigenvalue weighted by molar-refractivity contribution is -0.138. The Kier molecular flexibility index (Phi) is 7.13. The van der Waals surface area contributed by atoms with Crippen LogP contribution in [0.1, 0.15) is 27.8 Å². The summed E-state index contributed by atoms with van der Waals surface area (Å²) in [4.78, 5) is 0. The molecule has 0 aliphatic carbocycles. The molecule has 0 unspecified atom stereocenters. The van der Waals surface area contributed by atoms with Crippen LogP contribution in [0.4, 0.5) is 26.3 Å². The molecule has 5 nitrogen and oxygen atoms in total. The number of nitrogens with zero attached hydrogens (tertiary/aromatic N) is 5. The van der Waals surface area contributed by atoms with Gasteiger partial charge in [-0.25, -0.2) is 0 Å². The van der Waals surface area contributed by atoms with Crippen LogP contribution >= 0.6 is 0 Å². The summed E-state index contributed by atoms with van der Waals surface area (Å²) in [6.07, 6.45) is -9.24. The van der Waals surface area contributed by atoms with Gasteiger partial charge in [-0.1, -0.05) is 42.5 Å². The second kappa shape index (κ2) is 11.5. The molecule has 0 N–H and O–H groups in total. The Morgan fingerprint density at radius 1 is 0.462 bits per heavy atom. The maximum Gasteiger partial charge on any atom is 0.416 e. The molecular formula is C41H19F6N5. The summed E-state index contributed by atoms with van der Waals surface area (Å²) in [6, 6.07) is 34.6. The van der Waals surface area contributed by atoms with Gasteiger partial charge in [0.05, 0.1) is 67.8 Å². The normalized spacial score (nSPS) is 12.0. The Balaban J connectivity index is 1.55. The molecule has 0 atom stereocenters. The minimum absolute atomic E-state index is 0.0449. The second-order valence-corrected chi connectivity index (χ2v) is 12.2. The quantitative estimate of drug-likeness (QED) is 0.173. The van der Waals surface area contributed by atoms with Gasteiger partial charge < -0.3 is 9.13 Å². The first-order valence-corrected chi connectivity index (χ1v) is 15.7. The van der Waals surface area contributed by atoms with E-state index in [0.29, 0.717) is 55.0 Å². The van der Waals surface area contributed by atoms with Gasteiger partial charge in [-0.2, -0.15) is 42.1 Å². The van der Waals surface area contributed by atoms with E-state index in [1.165, 1.54) is 18.2 Å². The number of hydrogen-bond donors (Lipinski definition) is 0. The van der Waals surface area contributed by atoms with E-state index in [9.17, 15) is 42.1 Å². The molecule has 250 valence electrons. The van der Waals surface area contributed by atoms with Crippen molar-refractivity contribution in [1.82, 2.24) is 9.13 Å². The number of benzene rings is 6. The highest BCUT2D eigenvalue weighted by molar-refractivity contribution is 6.12. The van der Waals surface area contributed by atoms with Crippen LogP contribution in [0.5, 0.6) is 0 Å². The van der Waals surface area contributed by atoms with Gasteiger partial charge in [0.15, 0.2) is 0 Å². The van der Waals surface area contributed by atoms with E-state index in [2.05, 4.69) is 6.07 Å². The van der Waals surface area contributed by atoms with Gasteiger partial charge in [-0.15, -0.1) is 0 Å². The minimum Gasteiger partial charge on any atom is -0.308 e. The van der Waals surface area contributed by atoms with Crippen molar-refractivity contribution in [2.24, 2.45) is 0 Å². The third-order valence-electron chi connectivity index (χ3n) is 9.23. The standard InChI is InChI=1S/C41H19F6N5/c42-40(43,44)26-9-12-36-31(18-26)29-5-1-3-7-34(29)51(36)38-14-11-28(25-16-23(20-48)15-24(17-25)21-49)39(33(38)22-50)52-35-8-4-2-6-30(35)32-19-27(41(45,46)47)10-13-37(32)52/h1-19H. The van der Waals surface area contributed by atoms with E-state index < -0.39 is 23.5 Å². The van der Waals surface area contributed by atoms with Crippen molar-refractivity contribution in [2.75, 3.05) is 0 Å². The molecule has 0 aliphatic rings. The van der Waals surface area contributed by atoms with Crippen LogP contribution in [-0.4, -0.2) is 9.13 Å². The molecule has 6 aromatic carbocycles. The van der Waals surface area contributed by atoms with Gasteiger partial charge in [-0.3, -0.25) is 0 Å². The van der Waals surface area contributed by atoms with Crippen molar-refractivity contribution in [1.29, 1.82) is 15.8 Å². The van der Waals surface area contributed by atoms with Crippen LogP contribution in [0.25, 0.3) is 66.1 Å². The summed E-state index contributed by atoms with van der Waals surface area (Å²) in [6.45, 7) is 0. The molecule has 0 aliphatic heterocycles. The lowest BCUT2D eigenvalue weighted by Gasteiger charge is -2.20. The monoisotopic (exact) mass is 695 g/mol. The Hall–Kier alpha value is -7.03. The van der Waals surface area contributed by atoms with Gasteiger partial charge >= 0.3 is 12.4 Å². The molecule has 0 spiro atoms. The van der Waals surface area contributed by atoms with Crippen molar-refractivity contribution in [3.8, 4) is 40.7 Å². The summed E-state index contributed by atoms with van der Waals surface area (Å²) >= 11 is 0. The van der Waals surface area contributed by atoms with Crippen LogP contribution in [0.2, 0.25) is 0 Å². The Bertz CT molecular complexity index is 2890. The van der Waals surface area contributed by atoms with Gasteiger partial charge in [0.2, 0.25) is 0 Å². The van der Waals surface area contributed by atoms with Crippen molar-refractivity contribution in [3.63, 3.8) is 0 Å². The first-order valence-electron chi connectivity index (χ1n) is 15.7. The van der Waals surface area contributed by atoms with Gasteiger partial charge in [0.25, 0.3) is 0 Å². The number of hydrogen-bond acceptors (Lipinski definition) is 3. The van der Waals surface area contributed by atoms with Crippen LogP contribution in [0.15, 0.2) is 115 Å². The summed E-state index contributed by atoms with van der Waals surface area (Å²) in [7, 11) is 0. The number of fused-ring (bicyclic) bond motifs is 6. The molecular weight excluding hydrogens is 676 g/mol. The summed E-state index contributed by atoms with van der Waals surface area (Å²) < 4.78 is 87.0. The third kappa shape index (κ3) is 4.93. The second-order valence-electron chi connectivity index (χ2n) is 12.2. The molecule has 52 heavy (non-hydrogen) atoms. The molecule has 0 amide bonds. The fourth-order valence-corrected chi connectivity index (χ4v) is 7.05. The van der Waals surface area contributed by atoms with Crippen molar-refractivity contribution in [3.05, 3.63) is 143 Å². The molecule has 2 heterocycles. The zero-order chi connectivity index (χ0) is 36.5. The molecule has 2 aromatic heterocycles. The van der Waals surface area contributed by atoms with E-state index in [1.807, 2.05) is 12.1 Å². The zero-order valence-corrected chi connectivity index (χ0v) is 26.5. The number of rotatable bonds is 3. The zero-order valence-electron chi connectivity index (χ0n) is 26.5. The predicted octanol–water partition coefficient (Wildman–Crippen LogP) is 11.2. The Labute approximate surface area is 290 Å². The van der Waals surface area contributed by atoms with Gasteiger partial charge in [0.1, 0.15) is 11.6 Å². The van der Waals surface area contributed by atoms with E-state index >= 15 is 0 Å². The summed E-state index contributed by atoms with van der Waals surface area (Å²) in [5, 5.41) is 32.3. The number of para-hydroxylation sites is 2. The number of aromatic nitrogens is 2. The van der Waals surface area contributed by atoms with E-state index in [0.717, 1.165) is 24.3 Å². The fourth-order valence-electron chi connectivity index (χ4n) is 7.05. The largest absolute Gasteiger partial charge is 0.416 e. The van der Waals surface area contributed by atoms with Crippen molar-refractivity contribution >= 4 is 43.6 Å². The highest BCUT2D eigenvalue weighted by atomic mass is 19.4. The topological polar surface area (TPSA) is 81.2 Å². The minimum atomic E-state index is -4.63. The predicted molar refractivity (Wildman–Crippen MR) is 185 cm³/mol. The first kappa shape index (κ1) is 32.2.